The van der Waals surface area contributed by atoms with Gasteiger partial charge in [0.25, 0.3) is 5.91 Å². The van der Waals surface area contributed by atoms with E-state index in [9.17, 15) is 13.6 Å². The van der Waals surface area contributed by atoms with Gasteiger partial charge in [-0.1, -0.05) is 31.5 Å². The van der Waals surface area contributed by atoms with E-state index in [1.54, 1.807) is 12.1 Å². The quantitative estimate of drug-likeness (QED) is 0.755. The Kier molecular flexibility index (Phi) is 5.25. The highest BCUT2D eigenvalue weighted by atomic mass is 19.2. The summed E-state index contributed by atoms with van der Waals surface area (Å²) in [6, 6.07) is 6.97. The SMILES string of the molecule is CC.Cc1ccc(C(=O)N2CC(F)C(F)C2)cc1. The minimum Gasteiger partial charge on any atom is -0.333 e. The van der Waals surface area contributed by atoms with Gasteiger partial charge in [0, 0.05) is 5.56 Å². The number of likely N-dealkylation sites (tertiary alicyclic amines) is 1. The second-order valence-corrected chi connectivity index (χ2v) is 4.11. The second kappa shape index (κ2) is 6.47. The first-order valence-corrected chi connectivity index (χ1v) is 6.22. The maximum atomic E-state index is 12.9. The minimum absolute atomic E-state index is 0.145. The number of aryl methyl sites for hydroxylation is 1. The molecule has 2 nitrogen and oxygen atoms in total. The predicted molar refractivity (Wildman–Crippen MR) is 68.2 cm³/mol. The van der Waals surface area contributed by atoms with Crippen molar-refractivity contribution < 1.29 is 13.6 Å². The van der Waals surface area contributed by atoms with Gasteiger partial charge in [0.2, 0.25) is 0 Å². The van der Waals surface area contributed by atoms with Gasteiger partial charge in [-0.25, -0.2) is 8.78 Å². The van der Waals surface area contributed by atoms with Gasteiger partial charge in [-0.15, -0.1) is 0 Å². The molecule has 0 aromatic heterocycles. The van der Waals surface area contributed by atoms with Gasteiger partial charge in [-0.05, 0) is 19.1 Å². The standard InChI is InChI=1S/C12H13F2NO.C2H6/c1-8-2-4-9(5-3-8)12(16)15-6-10(13)11(14)7-15;1-2/h2-5,10-11H,6-7H2,1H3;1-2H3. The molecule has 2 rings (SSSR count). The summed E-state index contributed by atoms with van der Waals surface area (Å²) in [5.74, 6) is -0.303. The molecule has 1 fully saturated rings. The topological polar surface area (TPSA) is 20.3 Å². The van der Waals surface area contributed by atoms with E-state index in [-0.39, 0.29) is 19.0 Å². The molecule has 0 N–H and O–H groups in total. The van der Waals surface area contributed by atoms with Crippen molar-refractivity contribution in [2.45, 2.75) is 33.1 Å². The first kappa shape index (κ1) is 14.6. The number of rotatable bonds is 1. The molecule has 1 aliphatic rings. The van der Waals surface area contributed by atoms with Crippen LogP contribution in [0.2, 0.25) is 0 Å². The monoisotopic (exact) mass is 255 g/mol. The zero-order valence-corrected chi connectivity index (χ0v) is 11.0. The fraction of sp³-hybridized carbons (Fsp3) is 0.500. The molecular weight excluding hydrogens is 236 g/mol. The number of halogens is 2. The largest absolute Gasteiger partial charge is 0.333 e. The molecule has 2 unspecified atom stereocenters. The van der Waals surface area contributed by atoms with Crippen LogP contribution >= 0.6 is 0 Å². The summed E-state index contributed by atoms with van der Waals surface area (Å²) in [4.78, 5) is 13.1. The van der Waals surface area contributed by atoms with E-state index in [0.717, 1.165) is 5.56 Å². The van der Waals surface area contributed by atoms with Crippen molar-refractivity contribution in [2.75, 3.05) is 13.1 Å². The van der Waals surface area contributed by atoms with Gasteiger partial charge in [-0.3, -0.25) is 4.79 Å². The van der Waals surface area contributed by atoms with E-state index < -0.39 is 12.3 Å². The molecule has 1 amide bonds. The van der Waals surface area contributed by atoms with Crippen LogP contribution in [0.5, 0.6) is 0 Å². The molecular formula is C14H19F2NO. The van der Waals surface area contributed by atoms with Gasteiger partial charge in [0.05, 0.1) is 13.1 Å². The molecule has 0 spiro atoms. The molecule has 0 aliphatic carbocycles. The van der Waals surface area contributed by atoms with Crippen LogP contribution in [-0.2, 0) is 0 Å². The highest BCUT2D eigenvalue weighted by Gasteiger charge is 2.35. The average Bonchev–Trinajstić information content (AvgIpc) is 2.72. The average molecular weight is 255 g/mol. The van der Waals surface area contributed by atoms with Crippen molar-refractivity contribution in [2.24, 2.45) is 0 Å². The van der Waals surface area contributed by atoms with Crippen molar-refractivity contribution in [3.05, 3.63) is 35.4 Å². The number of benzene rings is 1. The van der Waals surface area contributed by atoms with Crippen LogP contribution in [0.15, 0.2) is 24.3 Å². The first-order valence-electron chi connectivity index (χ1n) is 6.22. The normalized spacial score (nSPS) is 22.4. The Morgan fingerprint density at radius 2 is 1.56 bits per heavy atom. The van der Waals surface area contributed by atoms with Crippen molar-refractivity contribution in [1.82, 2.24) is 4.90 Å². The van der Waals surface area contributed by atoms with Gasteiger partial charge < -0.3 is 4.90 Å². The summed E-state index contributed by atoms with van der Waals surface area (Å²) in [5.41, 5.74) is 1.52. The molecule has 0 bridgehead atoms. The summed E-state index contributed by atoms with van der Waals surface area (Å²) in [5, 5.41) is 0. The Morgan fingerprint density at radius 1 is 1.11 bits per heavy atom. The fourth-order valence-electron chi connectivity index (χ4n) is 1.77. The van der Waals surface area contributed by atoms with Crippen molar-refractivity contribution >= 4 is 5.91 Å². The van der Waals surface area contributed by atoms with Crippen LogP contribution in [0.4, 0.5) is 8.78 Å². The van der Waals surface area contributed by atoms with Crippen molar-refractivity contribution in [3.8, 4) is 0 Å². The number of carbonyl (C=O) groups excluding carboxylic acids is 1. The zero-order chi connectivity index (χ0) is 13.7. The van der Waals surface area contributed by atoms with E-state index in [1.165, 1.54) is 4.90 Å². The Balaban J connectivity index is 0.000000771. The van der Waals surface area contributed by atoms with Crippen molar-refractivity contribution in [3.63, 3.8) is 0 Å². The molecule has 0 saturated carbocycles. The van der Waals surface area contributed by atoms with Crippen LogP contribution < -0.4 is 0 Å². The summed E-state index contributed by atoms with van der Waals surface area (Å²) in [7, 11) is 0. The molecule has 18 heavy (non-hydrogen) atoms. The number of hydrogen-bond acceptors (Lipinski definition) is 1. The Hall–Kier alpha value is -1.45. The number of alkyl halides is 2. The lowest BCUT2D eigenvalue weighted by atomic mass is 10.1. The maximum Gasteiger partial charge on any atom is 0.254 e. The van der Waals surface area contributed by atoms with Crippen LogP contribution in [0.25, 0.3) is 0 Å². The molecule has 1 heterocycles. The fourth-order valence-corrected chi connectivity index (χ4v) is 1.77. The van der Waals surface area contributed by atoms with Crippen molar-refractivity contribution in [1.29, 1.82) is 0 Å². The second-order valence-electron chi connectivity index (χ2n) is 4.11. The molecule has 1 aromatic carbocycles. The third-order valence-corrected chi connectivity index (χ3v) is 2.77. The number of carbonyl (C=O) groups is 1. The molecule has 4 heteroatoms. The Bertz CT molecular complexity index is 381. The van der Waals surface area contributed by atoms with E-state index >= 15 is 0 Å². The Morgan fingerprint density at radius 3 is 2.00 bits per heavy atom. The van der Waals surface area contributed by atoms with E-state index in [2.05, 4.69) is 0 Å². The number of nitrogens with zero attached hydrogens (tertiary/aromatic N) is 1. The molecule has 1 aromatic rings. The van der Waals surface area contributed by atoms with Crippen LogP contribution in [0, 0.1) is 6.92 Å². The van der Waals surface area contributed by atoms with Gasteiger partial charge in [0.1, 0.15) is 0 Å². The molecule has 100 valence electrons. The first-order chi connectivity index (χ1) is 8.58. The maximum absolute atomic E-state index is 12.9. The van der Waals surface area contributed by atoms with Gasteiger partial charge in [-0.2, -0.15) is 0 Å². The van der Waals surface area contributed by atoms with Gasteiger partial charge >= 0.3 is 0 Å². The van der Waals surface area contributed by atoms with Crippen LogP contribution in [0.1, 0.15) is 29.8 Å². The third kappa shape index (κ3) is 3.28. The lowest BCUT2D eigenvalue weighted by molar-refractivity contribution is 0.0779. The van der Waals surface area contributed by atoms with Gasteiger partial charge in [0.15, 0.2) is 12.3 Å². The van der Waals surface area contributed by atoms with E-state index in [1.807, 2.05) is 32.9 Å². The van der Waals surface area contributed by atoms with Crippen LogP contribution in [0.3, 0.4) is 0 Å². The molecule has 1 saturated heterocycles. The molecule has 1 aliphatic heterocycles. The minimum atomic E-state index is -1.55. The van der Waals surface area contributed by atoms with E-state index in [4.69, 9.17) is 0 Å². The van der Waals surface area contributed by atoms with Crippen LogP contribution in [-0.4, -0.2) is 36.2 Å². The Labute approximate surface area is 107 Å². The molecule has 0 radical (unpaired) electrons. The summed E-state index contributed by atoms with van der Waals surface area (Å²) < 4.78 is 25.9. The number of hydrogen-bond donors (Lipinski definition) is 0. The lowest BCUT2D eigenvalue weighted by Gasteiger charge is -2.14. The smallest absolute Gasteiger partial charge is 0.254 e. The highest BCUT2D eigenvalue weighted by molar-refractivity contribution is 5.94. The zero-order valence-electron chi connectivity index (χ0n) is 11.0. The highest BCUT2D eigenvalue weighted by Crippen LogP contribution is 2.19. The summed E-state index contributed by atoms with van der Waals surface area (Å²) in [6.07, 6.45) is -3.09. The third-order valence-electron chi connectivity index (χ3n) is 2.77. The molecule has 2 atom stereocenters. The summed E-state index contributed by atoms with van der Waals surface area (Å²) in [6.45, 7) is 5.63. The predicted octanol–water partition coefficient (Wildman–Crippen LogP) is 3.15. The lowest BCUT2D eigenvalue weighted by Crippen LogP contribution is -2.29. The van der Waals surface area contributed by atoms with E-state index in [0.29, 0.717) is 5.56 Å². The number of amides is 1. The summed E-state index contributed by atoms with van der Waals surface area (Å²) >= 11 is 0.